The molecule has 3 saturated carbocycles. The van der Waals surface area contributed by atoms with Crippen LogP contribution in [0.3, 0.4) is 0 Å². The number of amides is 2. The maximum atomic E-state index is 12.2. The Bertz CT molecular complexity index is 3710. The molecule has 4 heterocycles. The molecule has 7 fully saturated rings. The van der Waals surface area contributed by atoms with Crippen LogP contribution in [0.2, 0.25) is 0 Å². The topological polar surface area (TPSA) is 403 Å². The van der Waals surface area contributed by atoms with Gasteiger partial charge in [-0.25, -0.2) is 38.4 Å². The zero-order valence-electron chi connectivity index (χ0n) is 73.0. The first kappa shape index (κ1) is 105. The van der Waals surface area contributed by atoms with Crippen LogP contribution >= 0.6 is 0 Å². The van der Waals surface area contributed by atoms with Crippen molar-refractivity contribution in [3.05, 3.63) is 144 Å². The summed E-state index contributed by atoms with van der Waals surface area (Å²) in [4.78, 5) is 123. The van der Waals surface area contributed by atoms with Crippen LogP contribution < -0.4 is 29.9 Å². The number of benzene rings is 3. The number of aliphatic carboxylic acids is 1. The fourth-order valence-electron chi connectivity index (χ4n) is 14.6. The molecule has 31 heteroatoms. The standard InChI is InChI=1S/C16H19NO2.C13H21NO4.C12H19NO4.C11H13NO2.C10H18O5.C8H13NO2.C8H11N.C5H6.C4H8O4.Li.H2O/c1-11(12-6-4-3-5-7-12)17-14-9-8-13(10-14)15(17)16(18)19-2;1-13(2,3)18-12(16)14-9-6-5-8(7-9)10(14)11(15)17-4;1-12(2,3)17-11(16)13-8-5-4-7(6-8)9(13)10(14)15;1-9(12-8-11(13)14-2)10-6-4-3-5-7-10;1-9(2,3)14-7(11)13-8(12)15-10(4,5)6;1-11-8(10)7-5-2-3-6(4-5)9-7;1-7(9)8-5-3-2-4-6-8;1-2-4-5-3-1;1-7-3(5)4(6)8-2;;/h3-9,11,13-15H,10H2,1-2H3;8-10H,5-7H2,1-4H3;7-9H,4-6H2,1-3H3,(H,14,15);3-9H,1-2H3;1-6H3;5-7,9H,2-4H2,1H3;2-7H,9H2,1H3;1-4H,5H2;3,5H,1-2H3;;1H2/q;;;;;;;;;+1;/p-1/t11-,13+,14-,15?;8-,9+,10-;7-,8+,9-;9-;;5-,6+,7-;7-;;;;/m1001.01..../s1. The predicted octanol–water partition coefficient (Wildman–Crippen LogP) is 10.7. The van der Waals surface area contributed by atoms with Crippen molar-refractivity contribution >= 4 is 66.5 Å². The Morgan fingerprint density at radius 1 is 0.517 bits per heavy atom. The van der Waals surface area contributed by atoms with Crippen LogP contribution in [0, 0.1) is 23.7 Å². The Morgan fingerprint density at radius 3 is 1.31 bits per heavy atom. The minimum Gasteiger partial charge on any atom is -0.870 e. The van der Waals surface area contributed by atoms with Crippen LogP contribution in [0.4, 0.5) is 19.2 Å². The summed E-state index contributed by atoms with van der Waals surface area (Å²) in [6.07, 6.45) is 20.7. The molecule has 118 heavy (non-hydrogen) atoms. The normalized spacial score (nSPS) is 23.6. The SMILES string of the molecule is C1=CCC=C1.CC(C)(C)OC(=O)N1[C@@H]2CC[C@@H](C2)[C@H]1C(=O)O.CC(C)(C)OC(=O)OC(=O)OC(C)(C)C.COC(=O)C(O)OC.COC(=O)C1[C@H]2C=C[C@H](C2)N1[C@H](C)c1ccccc1.COC(=O)C=N[C@H](C)c1ccccc1.COC(=O)[C@@H]1[C@H]2CC[C@H](C2)N1C(=O)OC(C)(C)C.COC(=O)[C@H]1N[C@@H]2CC[C@H]1C2.C[C@@H](N)c1ccccc1.[Li+].[OH-]. The third-order valence-corrected chi connectivity index (χ3v) is 19.7. The van der Waals surface area contributed by atoms with E-state index in [1.807, 2.05) is 113 Å². The molecule has 2 amide bonds. The second kappa shape index (κ2) is 50.2. The molecule has 5 aliphatic carbocycles. The van der Waals surface area contributed by atoms with Gasteiger partial charge in [-0.2, -0.15) is 0 Å². The van der Waals surface area contributed by atoms with Gasteiger partial charge < -0.3 is 78.8 Å². The number of aliphatic hydroxyl groups is 1. The van der Waals surface area contributed by atoms with E-state index < -0.39 is 83.2 Å². The van der Waals surface area contributed by atoms with E-state index in [0.29, 0.717) is 23.9 Å². The number of likely N-dealkylation sites (tertiary alicyclic amines) is 3. The number of hydrogen-bond donors (Lipinski definition) is 4. The number of carbonyl (C=O) groups excluding carboxylic acids is 9. The molecule has 652 valence electrons. The molecule has 16 atom stereocenters. The van der Waals surface area contributed by atoms with E-state index in [0.717, 1.165) is 56.9 Å². The van der Waals surface area contributed by atoms with Gasteiger partial charge in [-0.3, -0.25) is 29.3 Å². The molecule has 0 aromatic heterocycles. The molecule has 3 aromatic carbocycles. The van der Waals surface area contributed by atoms with Crippen molar-refractivity contribution in [2.24, 2.45) is 34.4 Å². The summed E-state index contributed by atoms with van der Waals surface area (Å²) in [6, 6.07) is 30.4. The van der Waals surface area contributed by atoms with Crippen LogP contribution in [0.15, 0.2) is 132 Å². The summed E-state index contributed by atoms with van der Waals surface area (Å²) in [6.45, 7) is 26.9. The number of carbonyl (C=O) groups is 10. The summed E-state index contributed by atoms with van der Waals surface area (Å²) in [5, 5.41) is 20.9. The Kier molecular flexibility index (Phi) is 44.7. The van der Waals surface area contributed by atoms with Crippen molar-refractivity contribution < 1.29 is 135 Å². The number of fused-ring (bicyclic) bond motifs is 8. The number of allylic oxidation sites excluding steroid dienone is 4. The molecule has 4 saturated heterocycles. The number of ether oxygens (including phenoxy) is 11. The van der Waals surface area contributed by atoms with Gasteiger partial charge in [0.05, 0.1) is 41.6 Å². The summed E-state index contributed by atoms with van der Waals surface area (Å²) in [5.41, 5.74) is 6.62. The number of nitrogens with zero attached hydrogens (tertiary/aromatic N) is 4. The quantitative estimate of drug-likeness (QED) is 0.0249. The molecule has 4 aliphatic heterocycles. The van der Waals surface area contributed by atoms with E-state index in [-0.39, 0.29) is 96.4 Å². The van der Waals surface area contributed by atoms with Crippen LogP contribution in [0.1, 0.15) is 209 Å². The predicted molar refractivity (Wildman–Crippen MR) is 437 cm³/mol. The van der Waals surface area contributed by atoms with Gasteiger partial charge in [-0.1, -0.05) is 127 Å². The first-order valence-corrected chi connectivity index (χ1v) is 39.4. The summed E-state index contributed by atoms with van der Waals surface area (Å²) < 4.78 is 51.7. The maximum absolute atomic E-state index is 12.2. The molecule has 0 radical (unpaired) electrons. The van der Waals surface area contributed by atoms with Crippen LogP contribution in [-0.4, -0.2) is 217 Å². The smallest absolute Gasteiger partial charge is 0.870 e. The van der Waals surface area contributed by atoms with Crippen LogP contribution in [-0.2, 0) is 80.9 Å². The number of aliphatic hydroxyl groups excluding tert-OH is 1. The van der Waals surface area contributed by atoms with Gasteiger partial charge in [-0.15, -0.1) is 0 Å². The van der Waals surface area contributed by atoms with Gasteiger partial charge in [0.1, 0.15) is 52.8 Å². The van der Waals surface area contributed by atoms with Gasteiger partial charge >= 0.3 is 79.2 Å². The average molecular weight is 1650 g/mol. The second-order valence-corrected chi connectivity index (χ2v) is 33.1. The molecular formula is C87H129LiN6O24. The number of esters is 5. The summed E-state index contributed by atoms with van der Waals surface area (Å²) >= 11 is 0. The summed E-state index contributed by atoms with van der Waals surface area (Å²) in [5.74, 6) is -1.45. The first-order valence-electron chi connectivity index (χ1n) is 39.4. The van der Waals surface area contributed by atoms with Crippen molar-refractivity contribution in [3.63, 3.8) is 0 Å². The number of carboxylic acid groups (broad SMARTS) is 1. The molecule has 3 aromatic rings. The third-order valence-electron chi connectivity index (χ3n) is 19.7. The zero-order chi connectivity index (χ0) is 87.0. The minimum absolute atomic E-state index is 0. The largest absolute Gasteiger partial charge is 1.00 e. The molecule has 6 N–H and O–H groups in total. The molecular weight excluding hydrogens is 1520 g/mol. The number of carboxylic acids is 1. The number of nitrogens with two attached hydrogens (primary N) is 1. The van der Waals surface area contributed by atoms with E-state index in [1.54, 1.807) is 67.2 Å². The van der Waals surface area contributed by atoms with Crippen molar-refractivity contribution in [1.29, 1.82) is 0 Å². The number of aliphatic imine (C=N–C) groups is 1. The fourth-order valence-corrected chi connectivity index (χ4v) is 14.6. The van der Waals surface area contributed by atoms with Crippen molar-refractivity contribution in [2.45, 2.75) is 270 Å². The Morgan fingerprint density at radius 2 is 0.949 bits per heavy atom. The van der Waals surface area contributed by atoms with Crippen LogP contribution in [0.5, 0.6) is 0 Å². The number of piperidine rings is 3. The molecule has 0 spiro atoms. The van der Waals surface area contributed by atoms with Crippen molar-refractivity contribution in [3.8, 4) is 0 Å². The maximum Gasteiger partial charge on any atom is 1.00 e. The Hall–Kier alpha value is -8.99. The summed E-state index contributed by atoms with van der Waals surface area (Å²) in [7, 11) is 8.01. The molecule has 2 unspecified atom stereocenters. The monoisotopic (exact) mass is 1650 g/mol. The molecule has 8 bridgehead atoms. The Labute approximate surface area is 708 Å². The number of methoxy groups -OCH3 is 6. The molecule has 30 nitrogen and oxygen atoms in total. The first-order chi connectivity index (χ1) is 54.4. The van der Waals surface area contributed by atoms with Crippen LogP contribution in [0.25, 0.3) is 0 Å². The van der Waals surface area contributed by atoms with Gasteiger partial charge in [0, 0.05) is 49.3 Å². The second-order valence-electron chi connectivity index (χ2n) is 33.1. The number of nitrogens with one attached hydrogen (secondary N) is 1. The third kappa shape index (κ3) is 35.1. The van der Waals surface area contributed by atoms with Gasteiger partial charge in [0.15, 0.2) is 0 Å². The van der Waals surface area contributed by atoms with E-state index >= 15 is 0 Å². The van der Waals surface area contributed by atoms with Gasteiger partial charge in [0.25, 0.3) is 6.29 Å². The number of hydrogen-bond acceptors (Lipinski definition) is 27. The van der Waals surface area contributed by atoms with E-state index in [4.69, 9.17) is 39.3 Å². The van der Waals surface area contributed by atoms with E-state index in [1.165, 1.54) is 84.2 Å². The minimum atomic E-state index is -1.44. The Balaban J connectivity index is 0.000000458. The van der Waals surface area contributed by atoms with E-state index in [9.17, 15) is 53.1 Å². The zero-order valence-corrected chi connectivity index (χ0v) is 73.0. The van der Waals surface area contributed by atoms with E-state index in [2.05, 4.69) is 94.4 Å². The molecule has 9 aliphatic rings. The van der Waals surface area contributed by atoms with Gasteiger partial charge in [-0.05, 0) is 209 Å². The average Bonchev–Trinajstić information content (AvgIpc) is 1.62. The van der Waals surface area contributed by atoms with Gasteiger partial charge in [0.2, 0.25) is 0 Å². The van der Waals surface area contributed by atoms with Crippen molar-refractivity contribution in [1.82, 2.24) is 20.0 Å². The molecule has 12 rings (SSSR count). The van der Waals surface area contributed by atoms with Crippen molar-refractivity contribution in [2.75, 3.05) is 42.7 Å². The fraction of sp³-hybridized carbons (Fsp3) is 0.598. The number of rotatable bonds is 12.